The van der Waals surface area contributed by atoms with Gasteiger partial charge in [0, 0.05) is 5.56 Å². The Morgan fingerprint density at radius 3 is 2.11 bits per heavy atom. The molecular weight excluding hydrogens is 430 g/mol. The molecule has 3 amide bonds. The summed E-state index contributed by atoms with van der Waals surface area (Å²) in [6.45, 7) is 0. The number of anilines is 1. The van der Waals surface area contributed by atoms with Crippen LogP contribution in [0.15, 0.2) is 70.5 Å². The van der Waals surface area contributed by atoms with Crippen molar-refractivity contribution in [3.8, 4) is 0 Å². The molecule has 0 saturated carbocycles. The number of halogens is 1. The second-order valence-electron chi connectivity index (χ2n) is 5.38. The lowest BCUT2D eigenvalue weighted by atomic mass is 10.1. The van der Waals surface area contributed by atoms with Crippen LogP contribution in [-0.4, -0.2) is 17.7 Å². The molecule has 8 heteroatoms. The fourth-order valence-electron chi connectivity index (χ4n) is 2.25. The van der Waals surface area contributed by atoms with Crippen molar-refractivity contribution in [2.45, 2.75) is 0 Å². The Bertz CT molecular complexity index is 989. The molecule has 0 spiro atoms. The van der Waals surface area contributed by atoms with Crippen LogP contribution in [0, 0.1) is 0 Å². The second kappa shape index (κ2) is 8.61. The topological polar surface area (TPSA) is 87.3 Å². The highest BCUT2D eigenvalue weighted by molar-refractivity contribution is 9.11. The quantitative estimate of drug-likeness (QED) is 0.535. The predicted molar refractivity (Wildman–Crippen MR) is 108 cm³/mol. The molecule has 0 saturated heterocycles. The fourth-order valence-corrected chi connectivity index (χ4v) is 3.53. The highest BCUT2D eigenvalue weighted by Crippen LogP contribution is 2.21. The van der Waals surface area contributed by atoms with Gasteiger partial charge in [0.15, 0.2) is 0 Å². The zero-order chi connectivity index (χ0) is 19.2. The van der Waals surface area contributed by atoms with Crippen LogP contribution >= 0.6 is 27.3 Å². The fraction of sp³-hybridized carbons (Fsp3) is 0. The van der Waals surface area contributed by atoms with Gasteiger partial charge < -0.3 is 5.32 Å². The van der Waals surface area contributed by atoms with Gasteiger partial charge in [-0.15, -0.1) is 11.3 Å². The molecule has 3 N–H and O–H groups in total. The molecule has 0 aliphatic heterocycles. The number of para-hydroxylation sites is 1. The summed E-state index contributed by atoms with van der Waals surface area (Å²) in [6.07, 6.45) is 0. The van der Waals surface area contributed by atoms with Gasteiger partial charge in [-0.05, 0) is 52.3 Å². The molecular formula is C19H14BrN3O3S. The molecule has 0 aliphatic rings. The number of hydrogen-bond acceptors (Lipinski definition) is 4. The van der Waals surface area contributed by atoms with Gasteiger partial charge in [-0.25, -0.2) is 0 Å². The largest absolute Gasteiger partial charge is 0.321 e. The summed E-state index contributed by atoms with van der Waals surface area (Å²) in [5.74, 6) is -1.30. The van der Waals surface area contributed by atoms with Crippen molar-refractivity contribution in [1.29, 1.82) is 0 Å². The molecule has 6 nitrogen and oxygen atoms in total. The number of benzene rings is 2. The normalized spacial score (nSPS) is 10.1. The Labute approximate surface area is 167 Å². The summed E-state index contributed by atoms with van der Waals surface area (Å²) in [4.78, 5) is 37.3. The summed E-state index contributed by atoms with van der Waals surface area (Å²) < 4.78 is 0.813. The van der Waals surface area contributed by atoms with E-state index in [1.54, 1.807) is 60.7 Å². The molecule has 2 aromatic carbocycles. The molecule has 3 aromatic rings. The van der Waals surface area contributed by atoms with Crippen LogP contribution < -0.4 is 16.2 Å². The first kappa shape index (κ1) is 18.8. The Kier molecular flexibility index (Phi) is 6.00. The van der Waals surface area contributed by atoms with E-state index in [1.807, 2.05) is 6.07 Å². The van der Waals surface area contributed by atoms with Gasteiger partial charge in [-0.1, -0.05) is 30.3 Å². The molecule has 3 rings (SSSR count). The maximum atomic E-state index is 12.4. The lowest BCUT2D eigenvalue weighted by Gasteiger charge is -2.12. The van der Waals surface area contributed by atoms with Crippen LogP contribution in [0.2, 0.25) is 0 Å². The van der Waals surface area contributed by atoms with E-state index >= 15 is 0 Å². The van der Waals surface area contributed by atoms with Crippen molar-refractivity contribution >= 4 is 50.7 Å². The van der Waals surface area contributed by atoms with E-state index < -0.39 is 11.8 Å². The summed E-state index contributed by atoms with van der Waals surface area (Å²) >= 11 is 4.53. The molecule has 1 aromatic heterocycles. The van der Waals surface area contributed by atoms with Crippen LogP contribution in [0.4, 0.5) is 5.69 Å². The third-order valence-electron chi connectivity index (χ3n) is 3.54. The molecule has 0 aliphatic carbocycles. The predicted octanol–water partition coefficient (Wildman–Crippen LogP) is 3.84. The van der Waals surface area contributed by atoms with Gasteiger partial charge in [-0.2, -0.15) is 0 Å². The van der Waals surface area contributed by atoms with E-state index in [2.05, 4.69) is 32.1 Å². The van der Waals surface area contributed by atoms with Crippen molar-refractivity contribution in [3.05, 3.63) is 86.5 Å². The summed E-state index contributed by atoms with van der Waals surface area (Å²) in [7, 11) is 0. The average Bonchev–Trinajstić information content (AvgIpc) is 3.13. The van der Waals surface area contributed by atoms with Gasteiger partial charge in [-0.3, -0.25) is 25.2 Å². The van der Waals surface area contributed by atoms with E-state index in [0.717, 1.165) is 3.79 Å². The number of amides is 3. The third kappa shape index (κ3) is 4.81. The van der Waals surface area contributed by atoms with Crippen molar-refractivity contribution in [1.82, 2.24) is 10.9 Å². The third-order valence-corrected chi connectivity index (χ3v) is 5.16. The maximum Gasteiger partial charge on any atom is 0.279 e. The molecule has 136 valence electrons. The van der Waals surface area contributed by atoms with Gasteiger partial charge in [0.2, 0.25) is 0 Å². The number of hydrazine groups is 1. The van der Waals surface area contributed by atoms with Crippen LogP contribution in [0.1, 0.15) is 30.4 Å². The molecule has 0 bridgehead atoms. The number of hydrogen-bond donors (Lipinski definition) is 3. The van der Waals surface area contributed by atoms with E-state index in [-0.39, 0.29) is 11.5 Å². The van der Waals surface area contributed by atoms with Gasteiger partial charge >= 0.3 is 0 Å². The highest BCUT2D eigenvalue weighted by Gasteiger charge is 2.15. The standard InChI is InChI=1S/C19H14BrN3O3S/c20-16-11-10-15(27-16)19(26)23-22-18(25)13-8-4-5-9-14(13)21-17(24)12-6-2-1-3-7-12/h1-11H,(H,21,24)(H,22,25)(H,23,26). The number of thiophene rings is 1. The number of rotatable bonds is 4. The lowest BCUT2D eigenvalue weighted by Crippen LogP contribution is -2.41. The maximum absolute atomic E-state index is 12.4. The molecule has 0 unspecified atom stereocenters. The number of nitrogens with one attached hydrogen (secondary N) is 3. The van der Waals surface area contributed by atoms with Gasteiger partial charge in [0.05, 0.1) is 19.9 Å². The summed E-state index contributed by atoms with van der Waals surface area (Å²) in [5, 5.41) is 2.71. The molecule has 27 heavy (non-hydrogen) atoms. The first-order valence-electron chi connectivity index (χ1n) is 7.86. The van der Waals surface area contributed by atoms with Crippen molar-refractivity contribution in [3.63, 3.8) is 0 Å². The molecule has 0 radical (unpaired) electrons. The molecule has 0 fully saturated rings. The van der Waals surface area contributed by atoms with E-state index in [9.17, 15) is 14.4 Å². The number of carbonyl (C=O) groups excluding carboxylic acids is 3. The zero-order valence-electron chi connectivity index (χ0n) is 13.9. The zero-order valence-corrected chi connectivity index (χ0v) is 16.3. The van der Waals surface area contributed by atoms with Crippen molar-refractivity contribution < 1.29 is 14.4 Å². The minimum atomic E-state index is -0.539. The van der Waals surface area contributed by atoms with Gasteiger partial charge in [0.1, 0.15) is 0 Å². The van der Waals surface area contributed by atoms with E-state index in [4.69, 9.17) is 0 Å². The Morgan fingerprint density at radius 1 is 0.741 bits per heavy atom. The second-order valence-corrected chi connectivity index (χ2v) is 7.84. The summed E-state index contributed by atoms with van der Waals surface area (Å²) in [6, 6.07) is 18.6. The Morgan fingerprint density at radius 2 is 1.41 bits per heavy atom. The first-order chi connectivity index (χ1) is 13.0. The average molecular weight is 444 g/mol. The van der Waals surface area contributed by atoms with Crippen LogP contribution in [0.5, 0.6) is 0 Å². The van der Waals surface area contributed by atoms with E-state index in [0.29, 0.717) is 16.1 Å². The van der Waals surface area contributed by atoms with Gasteiger partial charge in [0.25, 0.3) is 17.7 Å². The minimum Gasteiger partial charge on any atom is -0.321 e. The van der Waals surface area contributed by atoms with E-state index in [1.165, 1.54) is 11.3 Å². The molecule has 0 atom stereocenters. The number of carbonyl (C=O) groups is 3. The highest BCUT2D eigenvalue weighted by atomic mass is 79.9. The van der Waals surface area contributed by atoms with Crippen LogP contribution in [-0.2, 0) is 0 Å². The Balaban J connectivity index is 1.68. The minimum absolute atomic E-state index is 0.231. The van der Waals surface area contributed by atoms with Crippen LogP contribution in [0.25, 0.3) is 0 Å². The van der Waals surface area contributed by atoms with Crippen LogP contribution in [0.3, 0.4) is 0 Å². The van der Waals surface area contributed by atoms with Crippen molar-refractivity contribution in [2.75, 3.05) is 5.32 Å². The SMILES string of the molecule is O=C(Nc1ccccc1C(=O)NNC(=O)c1ccc(Br)s1)c1ccccc1. The monoisotopic (exact) mass is 443 g/mol. The summed E-state index contributed by atoms with van der Waals surface area (Å²) in [5.41, 5.74) is 5.77. The smallest absolute Gasteiger partial charge is 0.279 e. The Hall–Kier alpha value is -2.97. The lowest BCUT2D eigenvalue weighted by molar-refractivity contribution is 0.0849. The first-order valence-corrected chi connectivity index (χ1v) is 9.47. The molecule has 1 heterocycles. The van der Waals surface area contributed by atoms with Crippen molar-refractivity contribution in [2.24, 2.45) is 0 Å².